The van der Waals surface area contributed by atoms with Gasteiger partial charge in [0, 0.05) is 5.56 Å². The van der Waals surface area contributed by atoms with Crippen molar-refractivity contribution in [3.63, 3.8) is 0 Å². The first-order chi connectivity index (χ1) is 12.1. The lowest BCUT2D eigenvalue weighted by atomic mass is 9.95. The van der Waals surface area contributed by atoms with Crippen LogP contribution in [0.2, 0.25) is 0 Å². The number of hydrogen-bond acceptors (Lipinski definition) is 3. The van der Waals surface area contributed by atoms with E-state index in [9.17, 15) is 4.79 Å². The molecule has 1 rings (SSSR count). The molecule has 0 saturated heterocycles. The van der Waals surface area contributed by atoms with Crippen LogP contribution in [0.5, 0.6) is 5.75 Å². The van der Waals surface area contributed by atoms with Gasteiger partial charge in [-0.3, -0.25) is 4.79 Å². The maximum atomic E-state index is 12.5. The second kappa shape index (κ2) is 12.8. The number of hydrogen-bond donors (Lipinski definition) is 0. The van der Waals surface area contributed by atoms with Crippen LogP contribution in [-0.2, 0) is 9.53 Å². The van der Waals surface area contributed by atoms with Gasteiger partial charge in [0.1, 0.15) is 5.75 Å². The van der Waals surface area contributed by atoms with Crippen LogP contribution in [-0.4, -0.2) is 19.7 Å². The normalized spacial score (nSPS) is 13.3. The molecule has 0 aliphatic heterocycles. The monoisotopic (exact) mass is 348 g/mol. The molecule has 0 aromatic heterocycles. The Morgan fingerprint density at radius 2 is 1.68 bits per heavy atom. The second-order valence-corrected chi connectivity index (χ2v) is 6.95. The minimum absolute atomic E-state index is 0.153. The number of esters is 1. The number of rotatable bonds is 13. The molecule has 0 aliphatic carbocycles. The highest BCUT2D eigenvalue weighted by Gasteiger charge is 2.21. The lowest BCUT2D eigenvalue weighted by molar-refractivity contribution is -0.146. The number of unbranched alkanes of at least 4 members (excludes halogenated alkanes) is 4. The summed E-state index contributed by atoms with van der Waals surface area (Å²) >= 11 is 0. The number of ether oxygens (including phenoxy) is 2. The number of carbonyl (C=O) groups is 1. The molecule has 3 nitrogen and oxygen atoms in total. The van der Waals surface area contributed by atoms with Crippen LogP contribution < -0.4 is 4.74 Å². The molecule has 0 fully saturated rings. The van der Waals surface area contributed by atoms with Crippen LogP contribution >= 0.6 is 0 Å². The van der Waals surface area contributed by atoms with Gasteiger partial charge in [0.25, 0.3) is 0 Å². The van der Waals surface area contributed by atoms with Gasteiger partial charge in [0.15, 0.2) is 0 Å². The molecule has 0 heterocycles. The summed E-state index contributed by atoms with van der Waals surface area (Å²) in [6.45, 7) is 6.88. The summed E-state index contributed by atoms with van der Waals surface area (Å²) in [6, 6.07) is 7.66. The third-order valence-corrected chi connectivity index (χ3v) is 4.85. The molecule has 142 valence electrons. The first-order valence-electron chi connectivity index (χ1n) is 9.93. The highest BCUT2D eigenvalue weighted by atomic mass is 16.5. The Balaban J connectivity index is 2.53. The predicted molar refractivity (Wildman–Crippen MR) is 104 cm³/mol. The molecule has 2 atom stereocenters. The van der Waals surface area contributed by atoms with Crippen molar-refractivity contribution >= 4 is 5.97 Å². The lowest BCUT2D eigenvalue weighted by Gasteiger charge is -2.19. The quantitative estimate of drug-likeness (QED) is 0.318. The van der Waals surface area contributed by atoms with Crippen LogP contribution in [0.15, 0.2) is 24.3 Å². The van der Waals surface area contributed by atoms with Crippen molar-refractivity contribution in [3.05, 3.63) is 29.8 Å². The molecule has 1 aromatic carbocycles. The first kappa shape index (κ1) is 21.5. The minimum Gasteiger partial charge on any atom is -0.496 e. The summed E-state index contributed by atoms with van der Waals surface area (Å²) in [6.07, 6.45) is 9.78. The summed E-state index contributed by atoms with van der Waals surface area (Å²) < 4.78 is 11.0. The molecule has 0 radical (unpaired) electrons. The molecular formula is C22H36O3. The van der Waals surface area contributed by atoms with Crippen molar-refractivity contribution in [1.82, 2.24) is 0 Å². The van der Waals surface area contributed by atoms with Crippen LogP contribution in [0.3, 0.4) is 0 Å². The molecule has 0 saturated carbocycles. The topological polar surface area (TPSA) is 35.5 Å². The van der Waals surface area contributed by atoms with E-state index in [1.54, 1.807) is 7.11 Å². The molecular weight excluding hydrogens is 312 g/mol. The number of carbonyl (C=O) groups excluding carboxylic acids is 1. The van der Waals surface area contributed by atoms with Crippen LogP contribution in [0.1, 0.15) is 83.6 Å². The third kappa shape index (κ3) is 7.94. The lowest BCUT2D eigenvalue weighted by Crippen LogP contribution is -2.19. The Bertz CT molecular complexity index is 484. The van der Waals surface area contributed by atoms with Gasteiger partial charge in [-0.05, 0) is 31.7 Å². The van der Waals surface area contributed by atoms with Crippen molar-refractivity contribution in [2.75, 3.05) is 13.7 Å². The van der Waals surface area contributed by atoms with Crippen molar-refractivity contribution in [3.8, 4) is 5.75 Å². The highest BCUT2D eigenvalue weighted by Crippen LogP contribution is 2.27. The van der Waals surface area contributed by atoms with Gasteiger partial charge in [0.05, 0.1) is 19.6 Å². The van der Waals surface area contributed by atoms with Crippen LogP contribution in [0, 0.1) is 5.92 Å². The average Bonchev–Trinajstić information content (AvgIpc) is 2.65. The zero-order chi connectivity index (χ0) is 18.5. The van der Waals surface area contributed by atoms with E-state index < -0.39 is 0 Å². The summed E-state index contributed by atoms with van der Waals surface area (Å²) in [4.78, 5) is 12.5. The fraction of sp³-hybridized carbons (Fsp3) is 0.682. The molecule has 2 unspecified atom stereocenters. The molecule has 0 bridgehead atoms. The Kier molecular flexibility index (Phi) is 11.0. The molecule has 0 aliphatic rings. The Hall–Kier alpha value is -1.51. The van der Waals surface area contributed by atoms with E-state index in [0.29, 0.717) is 12.5 Å². The predicted octanol–water partition coefficient (Wildman–Crippen LogP) is 6.12. The molecule has 25 heavy (non-hydrogen) atoms. The highest BCUT2D eigenvalue weighted by molar-refractivity contribution is 5.78. The number of methoxy groups -OCH3 is 1. The maximum absolute atomic E-state index is 12.5. The number of para-hydroxylation sites is 1. The zero-order valence-corrected chi connectivity index (χ0v) is 16.6. The summed E-state index contributed by atoms with van der Waals surface area (Å²) in [7, 11) is 1.63. The van der Waals surface area contributed by atoms with E-state index in [0.717, 1.165) is 24.2 Å². The van der Waals surface area contributed by atoms with Gasteiger partial charge in [-0.2, -0.15) is 0 Å². The Morgan fingerprint density at radius 1 is 1.00 bits per heavy atom. The third-order valence-electron chi connectivity index (χ3n) is 4.85. The SMILES string of the molecule is CCCCCCC(CCCC)COC(=O)C(C)c1ccccc1OC. The Morgan fingerprint density at radius 3 is 2.36 bits per heavy atom. The summed E-state index contributed by atoms with van der Waals surface area (Å²) in [5.74, 6) is 0.780. The van der Waals surface area contributed by atoms with Gasteiger partial charge in [-0.15, -0.1) is 0 Å². The first-order valence-corrected chi connectivity index (χ1v) is 9.93. The standard InChI is InChI=1S/C22H36O3/c1-5-7-9-10-14-19(13-8-6-2)17-25-22(23)18(3)20-15-11-12-16-21(20)24-4/h11-12,15-16,18-19H,5-10,13-14,17H2,1-4H3. The van der Waals surface area contributed by atoms with Crippen molar-refractivity contribution in [2.45, 2.75) is 78.1 Å². The van der Waals surface area contributed by atoms with E-state index in [1.165, 1.54) is 38.5 Å². The van der Waals surface area contributed by atoms with Gasteiger partial charge in [-0.1, -0.05) is 70.6 Å². The van der Waals surface area contributed by atoms with E-state index in [-0.39, 0.29) is 11.9 Å². The second-order valence-electron chi connectivity index (χ2n) is 6.95. The van der Waals surface area contributed by atoms with Gasteiger partial charge >= 0.3 is 5.97 Å². The minimum atomic E-state index is -0.303. The average molecular weight is 349 g/mol. The van der Waals surface area contributed by atoms with Crippen LogP contribution in [0.4, 0.5) is 0 Å². The molecule has 3 heteroatoms. The molecule has 0 amide bonds. The van der Waals surface area contributed by atoms with Crippen molar-refractivity contribution < 1.29 is 14.3 Å². The number of benzene rings is 1. The van der Waals surface area contributed by atoms with Crippen molar-refractivity contribution in [1.29, 1.82) is 0 Å². The van der Waals surface area contributed by atoms with E-state index >= 15 is 0 Å². The van der Waals surface area contributed by atoms with Gasteiger partial charge < -0.3 is 9.47 Å². The molecule has 0 spiro atoms. The largest absolute Gasteiger partial charge is 0.496 e. The van der Waals surface area contributed by atoms with Crippen LogP contribution in [0.25, 0.3) is 0 Å². The van der Waals surface area contributed by atoms with Crippen molar-refractivity contribution in [2.24, 2.45) is 5.92 Å². The maximum Gasteiger partial charge on any atom is 0.313 e. The van der Waals surface area contributed by atoms with Gasteiger partial charge in [0.2, 0.25) is 0 Å². The zero-order valence-electron chi connectivity index (χ0n) is 16.6. The van der Waals surface area contributed by atoms with E-state index in [1.807, 2.05) is 31.2 Å². The van der Waals surface area contributed by atoms with E-state index in [2.05, 4.69) is 13.8 Å². The summed E-state index contributed by atoms with van der Waals surface area (Å²) in [5.41, 5.74) is 0.892. The van der Waals surface area contributed by atoms with E-state index in [4.69, 9.17) is 9.47 Å². The van der Waals surface area contributed by atoms with Gasteiger partial charge in [-0.25, -0.2) is 0 Å². The molecule has 1 aromatic rings. The fourth-order valence-electron chi connectivity index (χ4n) is 3.14. The molecule has 0 N–H and O–H groups in total. The summed E-state index contributed by atoms with van der Waals surface area (Å²) in [5, 5.41) is 0. The fourth-order valence-corrected chi connectivity index (χ4v) is 3.14. The smallest absolute Gasteiger partial charge is 0.313 e. The Labute approximate surface area is 154 Å².